The number of aryl methyl sites for hydroxylation is 3. The van der Waals surface area contributed by atoms with Gasteiger partial charge in [-0.25, -0.2) is 0 Å². The van der Waals surface area contributed by atoms with Gasteiger partial charge in [0.25, 0.3) is 0 Å². The van der Waals surface area contributed by atoms with Crippen LogP contribution in [0.3, 0.4) is 0 Å². The fourth-order valence-electron chi connectivity index (χ4n) is 5.52. The molecule has 6 rings (SSSR count). The molecule has 0 saturated carbocycles. The molecule has 0 aromatic heterocycles. The molecule has 1 unspecified atom stereocenters. The molecule has 1 spiro atoms. The van der Waals surface area contributed by atoms with Crippen LogP contribution in [-0.2, 0) is 5.41 Å². The molecule has 0 N–H and O–H groups in total. The maximum atomic E-state index is 2.44. The van der Waals surface area contributed by atoms with Crippen molar-refractivity contribution in [1.29, 1.82) is 0 Å². The van der Waals surface area contributed by atoms with E-state index in [0.29, 0.717) is 0 Å². The third-order valence-electron chi connectivity index (χ3n) is 6.86. The van der Waals surface area contributed by atoms with Crippen molar-refractivity contribution in [3.8, 4) is 22.3 Å². The van der Waals surface area contributed by atoms with Crippen LogP contribution in [0.25, 0.3) is 22.3 Å². The maximum absolute atomic E-state index is 2.44. The minimum atomic E-state index is -0.204. The van der Waals surface area contributed by atoms with Crippen molar-refractivity contribution in [3.05, 3.63) is 118 Å². The van der Waals surface area contributed by atoms with Crippen LogP contribution in [0.2, 0.25) is 0 Å². The van der Waals surface area contributed by atoms with Gasteiger partial charge in [0, 0.05) is 0 Å². The summed E-state index contributed by atoms with van der Waals surface area (Å²) in [5.41, 5.74) is 15.1. The molecule has 0 bridgehead atoms. The molecule has 4 aromatic rings. The molecule has 0 fully saturated rings. The first-order valence-electron chi connectivity index (χ1n) is 10.0. The highest BCUT2D eigenvalue weighted by molar-refractivity contribution is 5.95. The fourth-order valence-corrected chi connectivity index (χ4v) is 5.52. The normalized spacial score (nSPS) is 18.0. The van der Waals surface area contributed by atoms with E-state index in [9.17, 15) is 0 Å². The third kappa shape index (κ3) is 1.72. The summed E-state index contributed by atoms with van der Waals surface area (Å²) in [6.07, 6.45) is 0. The smallest absolute Gasteiger partial charge is 0.0619 e. The van der Waals surface area contributed by atoms with Gasteiger partial charge in [0.15, 0.2) is 0 Å². The molecular formula is C28H22. The van der Waals surface area contributed by atoms with E-state index in [1.165, 1.54) is 61.2 Å². The first-order chi connectivity index (χ1) is 13.6. The van der Waals surface area contributed by atoms with Crippen molar-refractivity contribution in [2.24, 2.45) is 0 Å². The second kappa shape index (κ2) is 5.23. The average molecular weight is 358 g/mol. The minimum absolute atomic E-state index is 0.204. The molecule has 1 atom stereocenters. The third-order valence-corrected chi connectivity index (χ3v) is 6.86. The highest BCUT2D eigenvalue weighted by Gasteiger charge is 2.51. The summed E-state index contributed by atoms with van der Waals surface area (Å²) in [6.45, 7) is 6.66. The van der Waals surface area contributed by atoms with Crippen LogP contribution in [0.4, 0.5) is 0 Å². The number of hydrogen-bond donors (Lipinski definition) is 0. The summed E-state index contributed by atoms with van der Waals surface area (Å²) >= 11 is 0. The topological polar surface area (TPSA) is 0 Å². The summed E-state index contributed by atoms with van der Waals surface area (Å²) in [6, 6.07) is 29.9. The quantitative estimate of drug-likeness (QED) is 0.275. The number of hydrogen-bond acceptors (Lipinski definition) is 0. The molecular weight excluding hydrogens is 336 g/mol. The second-order valence-corrected chi connectivity index (χ2v) is 8.37. The van der Waals surface area contributed by atoms with Crippen molar-refractivity contribution < 1.29 is 0 Å². The van der Waals surface area contributed by atoms with E-state index in [0.717, 1.165) is 0 Å². The van der Waals surface area contributed by atoms with Gasteiger partial charge in [-0.05, 0) is 76.4 Å². The molecule has 0 amide bonds. The Morgan fingerprint density at radius 2 is 1.00 bits per heavy atom. The van der Waals surface area contributed by atoms with Crippen LogP contribution >= 0.6 is 0 Å². The zero-order valence-electron chi connectivity index (χ0n) is 16.5. The molecule has 2 aliphatic rings. The lowest BCUT2D eigenvalue weighted by atomic mass is 9.70. The SMILES string of the molecule is Cc1ccc2c(c1)-c1ccccc1C21c2ccccc2-c2cc(C)c(C)cc21. The van der Waals surface area contributed by atoms with Crippen molar-refractivity contribution in [2.75, 3.05) is 0 Å². The van der Waals surface area contributed by atoms with E-state index in [1.807, 2.05) is 0 Å². The van der Waals surface area contributed by atoms with Crippen LogP contribution in [0.15, 0.2) is 78.9 Å². The molecule has 0 aliphatic heterocycles. The Balaban J connectivity index is 1.86. The van der Waals surface area contributed by atoms with Gasteiger partial charge in [0.1, 0.15) is 0 Å². The maximum Gasteiger partial charge on any atom is 0.0725 e. The van der Waals surface area contributed by atoms with Gasteiger partial charge in [0.05, 0.1) is 5.41 Å². The number of benzene rings is 4. The lowest BCUT2D eigenvalue weighted by Gasteiger charge is -2.30. The zero-order valence-corrected chi connectivity index (χ0v) is 16.5. The molecule has 0 heteroatoms. The first kappa shape index (κ1) is 15.9. The van der Waals surface area contributed by atoms with Crippen LogP contribution in [0.1, 0.15) is 38.9 Å². The average Bonchev–Trinajstić information content (AvgIpc) is 3.15. The van der Waals surface area contributed by atoms with Gasteiger partial charge in [-0.3, -0.25) is 0 Å². The summed E-state index contributed by atoms with van der Waals surface area (Å²) in [7, 11) is 0. The first-order valence-corrected chi connectivity index (χ1v) is 10.0. The van der Waals surface area contributed by atoms with Gasteiger partial charge in [-0.15, -0.1) is 0 Å². The Labute approximate surface area is 166 Å². The molecule has 4 aromatic carbocycles. The summed E-state index contributed by atoms with van der Waals surface area (Å²) in [4.78, 5) is 0. The highest BCUT2D eigenvalue weighted by atomic mass is 14.5. The molecule has 0 saturated heterocycles. The van der Waals surface area contributed by atoms with E-state index in [4.69, 9.17) is 0 Å². The predicted octanol–water partition coefficient (Wildman–Crippen LogP) is 6.96. The highest BCUT2D eigenvalue weighted by Crippen LogP contribution is 2.62. The van der Waals surface area contributed by atoms with Crippen LogP contribution in [0.5, 0.6) is 0 Å². The molecule has 0 radical (unpaired) electrons. The molecule has 0 heterocycles. The van der Waals surface area contributed by atoms with Crippen LogP contribution in [-0.4, -0.2) is 0 Å². The molecule has 2 aliphatic carbocycles. The summed E-state index contributed by atoms with van der Waals surface area (Å²) in [5.74, 6) is 0. The Kier molecular flexibility index (Phi) is 2.97. The zero-order chi connectivity index (χ0) is 19.0. The lowest BCUT2D eigenvalue weighted by molar-refractivity contribution is 0.792. The van der Waals surface area contributed by atoms with Crippen molar-refractivity contribution in [1.82, 2.24) is 0 Å². The summed E-state index contributed by atoms with van der Waals surface area (Å²) < 4.78 is 0. The minimum Gasteiger partial charge on any atom is -0.0619 e. The van der Waals surface area contributed by atoms with Gasteiger partial charge < -0.3 is 0 Å². The van der Waals surface area contributed by atoms with Gasteiger partial charge in [-0.1, -0.05) is 84.4 Å². The monoisotopic (exact) mass is 358 g/mol. The van der Waals surface area contributed by atoms with Crippen molar-refractivity contribution in [2.45, 2.75) is 26.2 Å². The number of fused-ring (bicyclic) bond motifs is 10. The molecule has 28 heavy (non-hydrogen) atoms. The van der Waals surface area contributed by atoms with E-state index in [1.54, 1.807) is 0 Å². The largest absolute Gasteiger partial charge is 0.0725 e. The lowest BCUT2D eigenvalue weighted by Crippen LogP contribution is -2.26. The molecule has 134 valence electrons. The Hall–Kier alpha value is -3.12. The van der Waals surface area contributed by atoms with Crippen molar-refractivity contribution >= 4 is 0 Å². The van der Waals surface area contributed by atoms with Crippen molar-refractivity contribution in [3.63, 3.8) is 0 Å². The van der Waals surface area contributed by atoms with E-state index >= 15 is 0 Å². The predicted molar refractivity (Wildman–Crippen MR) is 117 cm³/mol. The Morgan fingerprint density at radius 1 is 0.464 bits per heavy atom. The van der Waals surface area contributed by atoms with Gasteiger partial charge in [0.2, 0.25) is 0 Å². The second-order valence-electron chi connectivity index (χ2n) is 8.37. The van der Waals surface area contributed by atoms with Gasteiger partial charge >= 0.3 is 0 Å². The van der Waals surface area contributed by atoms with E-state index in [2.05, 4.69) is 99.6 Å². The van der Waals surface area contributed by atoms with E-state index < -0.39 is 0 Å². The van der Waals surface area contributed by atoms with Gasteiger partial charge in [-0.2, -0.15) is 0 Å². The Bertz CT molecular complexity index is 1280. The molecule has 0 nitrogen and oxygen atoms in total. The van der Waals surface area contributed by atoms with E-state index in [-0.39, 0.29) is 5.41 Å². The van der Waals surface area contributed by atoms with Crippen LogP contribution < -0.4 is 0 Å². The fraction of sp³-hybridized carbons (Fsp3) is 0.143. The summed E-state index contributed by atoms with van der Waals surface area (Å²) in [5, 5.41) is 0. The Morgan fingerprint density at radius 3 is 1.68 bits per heavy atom. The standard InChI is InChI=1S/C28H22/c1-17-12-13-26-22(14-17)20-8-4-6-10-24(20)28(26)25-11-7-5-9-21(25)23-15-18(2)19(3)16-27(23)28/h4-16H,1-3H3. The van der Waals surface area contributed by atoms with Crippen LogP contribution in [0, 0.1) is 20.8 Å². The number of rotatable bonds is 0.